The number of carbonyl (C=O) groups is 1. The molecule has 0 aliphatic heterocycles. The first kappa shape index (κ1) is 14.5. The zero-order valence-electron chi connectivity index (χ0n) is 9.05. The number of alkyl halides is 3. The summed E-state index contributed by atoms with van der Waals surface area (Å²) in [5, 5.41) is 0. The van der Waals surface area contributed by atoms with E-state index < -0.39 is 18.6 Å². The SMILES string of the molecule is CCCN(CC(F)(F)F)C(=O)c1ccc(Br)s1. The highest BCUT2D eigenvalue weighted by Crippen LogP contribution is 2.25. The fourth-order valence-corrected chi connectivity index (χ4v) is 2.68. The Kier molecular flexibility index (Phi) is 5.00. The largest absolute Gasteiger partial charge is 0.406 e. The Morgan fingerprint density at radius 1 is 1.47 bits per heavy atom. The zero-order chi connectivity index (χ0) is 13.1. The van der Waals surface area contributed by atoms with Gasteiger partial charge in [0.2, 0.25) is 0 Å². The number of halogens is 4. The van der Waals surface area contributed by atoms with E-state index in [-0.39, 0.29) is 6.54 Å². The van der Waals surface area contributed by atoms with Crippen LogP contribution in [0.1, 0.15) is 23.0 Å². The number of carbonyl (C=O) groups excluding carboxylic acids is 1. The van der Waals surface area contributed by atoms with Gasteiger partial charge in [0, 0.05) is 6.54 Å². The van der Waals surface area contributed by atoms with Gasteiger partial charge in [-0.1, -0.05) is 6.92 Å². The molecule has 0 fully saturated rings. The molecule has 0 saturated carbocycles. The molecule has 96 valence electrons. The highest BCUT2D eigenvalue weighted by molar-refractivity contribution is 9.11. The average molecular weight is 330 g/mol. The third kappa shape index (κ3) is 4.67. The highest BCUT2D eigenvalue weighted by atomic mass is 79.9. The van der Waals surface area contributed by atoms with Gasteiger partial charge in [-0.3, -0.25) is 4.79 Å². The van der Waals surface area contributed by atoms with Gasteiger partial charge in [0.25, 0.3) is 5.91 Å². The summed E-state index contributed by atoms with van der Waals surface area (Å²) < 4.78 is 37.7. The maximum atomic E-state index is 12.3. The lowest BCUT2D eigenvalue weighted by molar-refractivity contribution is -0.140. The van der Waals surface area contributed by atoms with Crippen LogP contribution < -0.4 is 0 Å². The predicted octanol–water partition coefficient (Wildman–Crippen LogP) is 3.93. The number of hydrogen-bond donors (Lipinski definition) is 0. The smallest absolute Gasteiger partial charge is 0.329 e. The van der Waals surface area contributed by atoms with Crippen molar-refractivity contribution in [3.8, 4) is 0 Å². The molecular formula is C10H11BrF3NOS. The van der Waals surface area contributed by atoms with E-state index in [0.717, 1.165) is 20.0 Å². The topological polar surface area (TPSA) is 20.3 Å². The summed E-state index contributed by atoms with van der Waals surface area (Å²) in [6.07, 6.45) is -3.87. The van der Waals surface area contributed by atoms with Gasteiger partial charge in [-0.25, -0.2) is 0 Å². The van der Waals surface area contributed by atoms with E-state index >= 15 is 0 Å². The van der Waals surface area contributed by atoms with Gasteiger partial charge in [-0.2, -0.15) is 13.2 Å². The lowest BCUT2D eigenvalue weighted by Gasteiger charge is -2.22. The third-order valence-corrected chi connectivity index (χ3v) is 3.55. The van der Waals surface area contributed by atoms with Gasteiger partial charge in [-0.15, -0.1) is 11.3 Å². The molecule has 1 heterocycles. The summed E-state index contributed by atoms with van der Waals surface area (Å²) in [6.45, 7) is 0.643. The summed E-state index contributed by atoms with van der Waals surface area (Å²) in [7, 11) is 0. The number of thiophene rings is 1. The van der Waals surface area contributed by atoms with Crippen LogP contribution in [-0.2, 0) is 0 Å². The van der Waals surface area contributed by atoms with Crippen LogP contribution in [-0.4, -0.2) is 30.1 Å². The maximum absolute atomic E-state index is 12.3. The van der Waals surface area contributed by atoms with Gasteiger partial charge < -0.3 is 4.90 Å². The molecule has 2 nitrogen and oxygen atoms in total. The van der Waals surface area contributed by atoms with Crippen LogP contribution in [0.3, 0.4) is 0 Å². The first-order valence-corrected chi connectivity index (χ1v) is 6.56. The van der Waals surface area contributed by atoms with Gasteiger partial charge >= 0.3 is 6.18 Å². The molecule has 0 unspecified atom stereocenters. The summed E-state index contributed by atoms with van der Waals surface area (Å²) in [5.74, 6) is -0.570. The normalized spacial score (nSPS) is 11.6. The molecule has 17 heavy (non-hydrogen) atoms. The van der Waals surface area contributed by atoms with Crippen molar-refractivity contribution in [3.63, 3.8) is 0 Å². The Labute approximate surface area is 110 Å². The van der Waals surface area contributed by atoms with E-state index in [9.17, 15) is 18.0 Å². The summed E-state index contributed by atoms with van der Waals surface area (Å²) in [4.78, 5) is 13.0. The van der Waals surface area contributed by atoms with E-state index in [1.165, 1.54) is 6.07 Å². The van der Waals surface area contributed by atoms with Crippen molar-refractivity contribution in [2.45, 2.75) is 19.5 Å². The molecule has 0 aliphatic carbocycles. The maximum Gasteiger partial charge on any atom is 0.406 e. The molecule has 0 bridgehead atoms. The molecule has 7 heteroatoms. The lowest BCUT2D eigenvalue weighted by atomic mass is 10.3. The van der Waals surface area contributed by atoms with Gasteiger partial charge in [0.05, 0.1) is 8.66 Å². The van der Waals surface area contributed by atoms with Crippen molar-refractivity contribution in [1.82, 2.24) is 4.90 Å². The van der Waals surface area contributed by atoms with Crippen molar-refractivity contribution in [3.05, 3.63) is 20.8 Å². The molecule has 0 atom stereocenters. The minimum Gasteiger partial charge on any atom is -0.329 e. The van der Waals surface area contributed by atoms with Crippen LogP contribution in [0.2, 0.25) is 0 Å². The van der Waals surface area contributed by atoms with Crippen molar-refractivity contribution < 1.29 is 18.0 Å². The minimum atomic E-state index is -4.36. The zero-order valence-corrected chi connectivity index (χ0v) is 11.5. The van der Waals surface area contributed by atoms with Crippen LogP contribution in [0.5, 0.6) is 0 Å². The standard InChI is InChI=1S/C10H11BrF3NOS/c1-2-5-15(6-10(12,13)14)9(16)7-3-4-8(11)17-7/h3-4H,2,5-6H2,1H3. The Bertz CT molecular complexity index is 391. The van der Waals surface area contributed by atoms with Crippen molar-refractivity contribution in [1.29, 1.82) is 0 Å². The van der Waals surface area contributed by atoms with E-state index in [1.54, 1.807) is 13.0 Å². The molecule has 0 N–H and O–H groups in total. The van der Waals surface area contributed by atoms with Crippen molar-refractivity contribution >= 4 is 33.2 Å². The van der Waals surface area contributed by atoms with Crippen molar-refractivity contribution in [2.24, 2.45) is 0 Å². The molecule has 0 spiro atoms. The number of amides is 1. The first-order valence-electron chi connectivity index (χ1n) is 4.95. The average Bonchev–Trinajstić information content (AvgIpc) is 2.61. The van der Waals surface area contributed by atoms with Crippen LogP contribution in [0, 0.1) is 0 Å². The quantitative estimate of drug-likeness (QED) is 0.819. The Morgan fingerprint density at radius 2 is 2.12 bits per heavy atom. The monoisotopic (exact) mass is 329 g/mol. The van der Waals surface area contributed by atoms with Crippen LogP contribution in [0.25, 0.3) is 0 Å². The number of hydrogen-bond acceptors (Lipinski definition) is 2. The fraction of sp³-hybridized carbons (Fsp3) is 0.500. The summed E-state index contributed by atoms with van der Waals surface area (Å²) in [5.41, 5.74) is 0. The Hall–Kier alpha value is -0.560. The lowest BCUT2D eigenvalue weighted by Crippen LogP contribution is -2.39. The minimum absolute atomic E-state index is 0.105. The van der Waals surface area contributed by atoms with E-state index in [2.05, 4.69) is 15.9 Å². The highest BCUT2D eigenvalue weighted by Gasteiger charge is 2.33. The Morgan fingerprint density at radius 3 is 2.53 bits per heavy atom. The van der Waals surface area contributed by atoms with Crippen LogP contribution in [0.4, 0.5) is 13.2 Å². The molecule has 0 saturated heterocycles. The van der Waals surface area contributed by atoms with Gasteiger partial charge in [-0.05, 0) is 34.5 Å². The number of rotatable bonds is 4. The number of nitrogens with zero attached hydrogens (tertiary/aromatic N) is 1. The second-order valence-corrected chi connectivity index (χ2v) is 5.91. The molecule has 1 rings (SSSR count). The fourth-order valence-electron chi connectivity index (χ4n) is 1.32. The van der Waals surface area contributed by atoms with E-state index in [4.69, 9.17) is 0 Å². The molecule has 1 aromatic heterocycles. The van der Waals surface area contributed by atoms with Crippen LogP contribution in [0.15, 0.2) is 15.9 Å². The molecule has 0 aromatic carbocycles. The van der Waals surface area contributed by atoms with Gasteiger partial charge in [0.1, 0.15) is 6.54 Å². The predicted molar refractivity (Wildman–Crippen MR) is 64.3 cm³/mol. The second kappa shape index (κ2) is 5.86. The molecular weight excluding hydrogens is 319 g/mol. The summed E-state index contributed by atoms with van der Waals surface area (Å²) >= 11 is 4.31. The Balaban J connectivity index is 2.80. The first-order chi connectivity index (χ1) is 7.83. The van der Waals surface area contributed by atoms with Crippen LogP contribution >= 0.6 is 27.3 Å². The third-order valence-electron chi connectivity index (χ3n) is 1.93. The van der Waals surface area contributed by atoms with Gasteiger partial charge in [0.15, 0.2) is 0 Å². The van der Waals surface area contributed by atoms with E-state index in [0.29, 0.717) is 11.3 Å². The second-order valence-electron chi connectivity index (χ2n) is 3.45. The molecule has 0 aliphatic rings. The van der Waals surface area contributed by atoms with Crippen molar-refractivity contribution in [2.75, 3.05) is 13.1 Å². The summed E-state index contributed by atoms with van der Waals surface area (Å²) in [6, 6.07) is 3.17. The molecule has 1 amide bonds. The molecule has 1 aromatic rings. The molecule has 0 radical (unpaired) electrons. The van der Waals surface area contributed by atoms with E-state index in [1.807, 2.05) is 0 Å².